The monoisotopic (exact) mass is 349 g/mol. The molecule has 0 aliphatic carbocycles. The lowest BCUT2D eigenvalue weighted by molar-refractivity contribution is 0.0758. The van der Waals surface area contributed by atoms with Crippen LogP contribution in [0.4, 0.5) is 5.69 Å². The maximum absolute atomic E-state index is 12.9. The van der Waals surface area contributed by atoms with Gasteiger partial charge in [-0.2, -0.15) is 0 Å². The number of hydrogen-bond donors (Lipinski definition) is 0. The molecule has 0 radical (unpaired) electrons. The molecule has 2 heterocycles. The van der Waals surface area contributed by atoms with Crippen LogP contribution in [-0.4, -0.2) is 62.0 Å². The van der Waals surface area contributed by atoms with Crippen LogP contribution in [-0.2, 0) is 0 Å². The summed E-state index contributed by atoms with van der Waals surface area (Å²) in [5.74, 6) is 0.115. The summed E-state index contributed by atoms with van der Waals surface area (Å²) in [5.41, 5.74) is 1.78. The van der Waals surface area contributed by atoms with E-state index in [4.69, 9.17) is 11.6 Å². The van der Waals surface area contributed by atoms with Gasteiger partial charge in [-0.05, 0) is 64.4 Å². The van der Waals surface area contributed by atoms with Gasteiger partial charge in [0, 0.05) is 37.8 Å². The van der Waals surface area contributed by atoms with Crippen molar-refractivity contribution in [1.29, 1.82) is 0 Å². The molecule has 0 bridgehead atoms. The van der Waals surface area contributed by atoms with Crippen molar-refractivity contribution in [2.24, 2.45) is 0 Å². The third kappa shape index (κ3) is 3.86. The topological polar surface area (TPSA) is 26.8 Å². The van der Waals surface area contributed by atoms with E-state index in [1.165, 1.54) is 12.8 Å². The highest BCUT2D eigenvalue weighted by Crippen LogP contribution is 2.30. The van der Waals surface area contributed by atoms with Crippen molar-refractivity contribution in [2.45, 2.75) is 38.1 Å². The number of anilines is 1. The van der Waals surface area contributed by atoms with Gasteiger partial charge in [-0.3, -0.25) is 4.79 Å². The highest BCUT2D eigenvalue weighted by molar-refractivity contribution is 6.33. The zero-order valence-electron chi connectivity index (χ0n) is 14.8. The molecular formula is C19H28ClN3O. The van der Waals surface area contributed by atoms with E-state index in [1.807, 2.05) is 23.1 Å². The summed E-state index contributed by atoms with van der Waals surface area (Å²) in [6.07, 6.45) is 5.70. The number of likely N-dealkylation sites (tertiary alicyclic amines) is 1. The summed E-state index contributed by atoms with van der Waals surface area (Å²) in [6, 6.07) is 6.38. The molecule has 132 valence electrons. The van der Waals surface area contributed by atoms with Crippen LogP contribution in [0.3, 0.4) is 0 Å². The number of rotatable bonds is 3. The van der Waals surface area contributed by atoms with Gasteiger partial charge in [0.2, 0.25) is 0 Å². The van der Waals surface area contributed by atoms with E-state index >= 15 is 0 Å². The smallest absolute Gasteiger partial charge is 0.253 e. The molecular weight excluding hydrogens is 322 g/mol. The maximum atomic E-state index is 12.9. The molecule has 3 rings (SSSR count). The van der Waals surface area contributed by atoms with E-state index in [2.05, 4.69) is 23.9 Å². The molecule has 4 nitrogen and oxygen atoms in total. The first-order valence-electron chi connectivity index (χ1n) is 9.06. The normalized spacial score (nSPS) is 22.1. The van der Waals surface area contributed by atoms with Gasteiger partial charge in [-0.15, -0.1) is 0 Å². The van der Waals surface area contributed by atoms with E-state index in [1.54, 1.807) is 0 Å². The first kappa shape index (κ1) is 17.6. The number of carbonyl (C=O) groups is 1. The molecule has 2 aliphatic rings. The van der Waals surface area contributed by atoms with Crippen LogP contribution in [0, 0.1) is 0 Å². The van der Waals surface area contributed by atoms with Crippen LogP contribution in [0.5, 0.6) is 0 Å². The predicted octanol–water partition coefficient (Wildman–Crippen LogP) is 3.50. The van der Waals surface area contributed by atoms with E-state index in [0.717, 1.165) is 51.1 Å². The molecule has 1 aromatic rings. The molecule has 0 saturated carbocycles. The second-order valence-electron chi connectivity index (χ2n) is 7.20. The second kappa shape index (κ2) is 7.75. The number of amides is 1. The summed E-state index contributed by atoms with van der Waals surface area (Å²) in [5, 5.41) is 0.698. The Morgan fingerprint density at radius 3 is 2.50 bits per heavy atom. The van der Waals surface area contributed by atoms with Gasteiger partial charge in [0.1, 0.15) is 0 Å². The average molecular weight is 350 g/mol. The molecule has 2 fully saturated rings. The van der Waals surface area contributed by atoms with E-state index in [0.29, 0.717) is 16.6 Å². The Labute approximate surface area is 150 Å². The Balaban J connectivity index is 1.69. The summed E-state index contributed by atoms with van der Waals surface area (Å²) in [6.45, 7) is 3.79. The van der Waals surface area contributed by atoms with E-state index in [-0.39, 0.29) is 5.91 Å². The van der Waals surface area contributed by atoms with Gasteiger partial charge < -0.3 is 14.7 Å². The Morgan fingerprint density at radius 2 is 1.83 bits per heavy atom. The predicted molar refractivity (Wildman–Crippen MR) is 100 cm³/mol. The molecule has 5 heteroatoms. The highest BCUT2D eigenvalue weighted by Gasteiger charge is 2.23. The van der Waals surface area contributed by atoms with Gasteiger partial charge in [0.15, 0.2) is 0 Å². The van der Waals surface area contributed by atoms with Gasteiger partial charge in [0.05, 0.1) is 10.7 Å². The Hall–Kier alpha value is -1.26. The first-order chi connectivity index (χ1) is 11.6. The third-order valence-electron chi connectivity index (χ3n) is 5.36. The van der Waals surface area contributed by atoms with Gasteiger partial charge >= 0.3 is 0 Å². The molecule has 1 aromatic carbocycles. The minimum atomic E-state index is 0.115. The fourth-order valence-corrected chi connectivity index (χ4v) is 4.14. The summed E-state index contributed by atoms with van der Waals surface area (Å²) < 4.78 is 0. The number of hydrogen-bond acceptors (Lipinski definition) is 3. The van der Waals surface area contributed by atoms with Crippen molar-refractivity contribution in [1.82, 2.24) is 9.80 Å². The lowest BCUT2D eigenvalue weighted by Crippen LogP contribution is -2.33. The minimum absolute atomic E-state index is 0.115. The largest absolute Gasteiger partial charge is 0.370 e. The zero-order chi connectivity index (χ0) is 17.1. The molecule has 1 amide bonds. The molecule has 1 unspecified atom stereocenters. The summed E-state index contributed by atoms with van der Waals surface area (Å²) in [4.78, 5) is 19.4. The van der Waals surface area contributed by atoms with Crippen LogP contribution < -0.4 is 4.90 Å². The van der Waals surface area contributed by atoms with E-state index < -0.39 is 0 Å². The number of carbonyl (C=O) groups excluding carboxylic acids is 1. The van der Waals surface area contributed by atoms with Gasteiger partial charge in [0.25, 0.3) is 5.91 Å². The SMILES string of the molecule is CN(C)C1CCCN(C(=O)c2ccc(N3CCCC3)c(Cl)c2)CC1. The van der Waals surface area contributed by atoms with Crippen molar-refractivity contribution in [3.05, 3.63) is 28.8 Å². The molecule has 24 heavy (non-hydrogen) atoms. The molecule has 2 aliphatic heterocycles. The Bertz CT molecular complexity index is 584. The summed E-state index contributed by atoms with van der Waals surface area (Å²) >= 11 is 6.47. The van der Waals surface area contributed by atoms with Crippen molar-refractivity contribution < 1.29 is 4.79 Å². The average Bonchev–Trinajstić information content (AvgIpc) is 2.97. The molecule has 2 saturated heterocycles. The van der Waals surface area contributed by atoms with Crippen LogP contribution in [0.25, 0.3) is 0 Å². The Morgan fingerprint density at radius 1 is 1.08 bits per heavy atom. The molecule has 0 aromatic heterocycles. The fraction of sp³-hybridized carbons (Fsp3) is 0.632. The Kier molecular flexibility index (Phi) is 5.67. The van der Waals surface area contributed by atoms with Crippen molar-refractivity contribution in [3.8, 4) is 0 Å². The number of halogens is 1. The van der Waals surface area contributed by atoms with Crippen LogP contribution in [0.1, 0.15) is 42.5 Å². The van der Waals surface area contributed by atoms with Gasteiger partial charge in [-0.1, -0.05) is 11.6 Å². The molecule has 0 N–H and O–H groups in total. The lowest BCUT2D eigenvalue weighted by Gasteiger charge is -2.24. The standard InChI is InChI=1S/C19H28ClN3O/c1-21(2)16-6-5-12-23(13-9-16)19(24)15-7-8-18(17(20)14-15)22-10-3-4-11-22/h7-8,14,16H,3-6,9-13H2,1-2H3. The third-order valence-corrected chi connectivity index (χ3v) is 5.66. The fourth-order valence-electron chi connectivity index (χ4n) is 3.84. The van der Waals surface area contributed by atoms with Gasteiger partial charge in [-0.25, -0.2) is 0 Å². The van der Waals surface area contributed by atoms with Crippen molar-refractivity contribution >= 4 is 23.2 Å². The number of nitrogens with zero attached hydrogens (tertiary/aromatic N) is 3. The zero-order valence-corrected chi connectivity index (χ0v) is 15.6. The molecule has 1 atom stereocenters. The minimum Gasteiger partial charge on any atom is -0.370 e. The first-order valence-corrected chi connectivity index (χ1v) is 9.44. The van der Waals surface area contributed by atoms with E-state index in [9.17, 15) is 4.79 Å². The van der Waals surface area contributed by atoms with Crippen molar-refractivity contribution in [2.75, 3.05) is 45.2 Å². The van der Waals surface area contributed by atoms with Crippen LogP contribution >= 0.6 is 11.6 Å². The quantitative estimate of drug-likeness (QED) is 0.835. The maximum Gasteiger partial charge on any atom is 0.253 e. The molecule has 0 spiro atoms. The lowest BCUT2D eigenvalue weighted by atomic mass is 10.1. The number of benzene rings is 1. The summed E-state index contributed by atoms with van der Waals surface area (Å²) in [7, 11) is 4.25. The van der Waals surface area contributed by atoms with Crippen LogP contribution in [0.15, 0.2) is 18.2 Å². The second-order valence-corrected chi connectivity index (χ2v) is 7.61. The van der Waals surface area contributed by atoms with Crippen LogP contribution in [0.2, 0.25) is 5.02 Å². The van der Waals surface area contributed by atoms with Crippen molar-refractivity contribution in [3.63, 3.8) is 0 Å². The highest BCUT2D eigenvalue weighted by atomic mass is 35.5.